The highest BCUT2D eigenvalue weighted by molar-refractivity contribution is 7.91. The summed E-state index contributed by atoms with van der Waals surface area (Å²) in [6.45, 7) is 5.87. The van der Waals surface area contributed by atoms with Crippen LogP contribution in [0.1, 0.15) is 36.5 Å². The van der Waals surface area contributed by atoms with Gasteiger partial charge in [-0.2, -0.15) is 0 Å². The molecule has 0 amide bonds. The number of sulfone groups is 1. The average molecular weight is 298 g/mol. The summed E-state index contributed by atoms with van der Waals surface area (Å²) >= 11 is 0. The molecule has 5 heteroatoms. The smallest absolute Gasteiger partial charge is 0.150 e. The molecule has 1 aromatic rings. The Labute approximate surface area is 122 Å². The molecule has 0 aliphatic heterocycles. The molecular weight excluding hydrogens is 272 g/mol. The van der Waals surface area contributed by atoms with Gasteiger partial charge in [-0.3, -0.25) is 11.3 Å². The van der Waals surface area contributed by atoms with Crippen molar-refractivity contribution in [2.24, 2.45) is 5.84 Å². The molecule has 0 saturated heterocycles. The fourth-order valence-electron chi connectivity index (χ4n) is 2.15. The predicted molar refractivity (Wildman–Crippen MR) is 84.3 cm³/mol. The van der Waals surface area contributed by atoms with Crippen LogP contribution < -0.4 is 11.3 Å². The monoisotopic (exact) mass is 298 g/mol. The molecule has 0 aliphatic carbocycles. The Morgan fingerprint density at radius 2 is 1.95 bits per heavy atom. The molecule has 0 radical (unpaired) electrons. The third-order valence-corrected chi connectivity index (χ3v) is 5.53. The second kappa shape index (κ2) is 7.76. The first-order valence-electron chi connectivity index (χ1n) is 7.10. The Morgan fingerprint density at radius 1 is 1.25 bits per heavy atom. The number of rotatable bonds is 8. The molecule has 1 unspecified atom stereocenters. The van der Waals surface area contributed by atoms with Crippen LogP contribution in [0, 0.1) is 13.8 Å². The van der Waals surface area contributed by atoms with Crippen molar-refractivity contribution < 1.29 is 8.42 Å². The lowest BCUT2D eigenvalue weighted by Gasteiger charge is -2.16. The van der Waals surface area contributed by atoms with Gasteiger partial charge < -0.3 is 0 Å². The van der Waals surface area contributed by atoms with E-state index in [1.54, 1.807) is 6.92 Å². The quantitative estimate of drug-likeness (QED) is 0.568. The topological polar surface area (TPSA) is 72.2 Å². The zero-order valence-corrected chi connectivity index (χ0v) is 13.5. The standard InChI is InChI=1S/C15H26N2O2S/c1-4-20(18,19)9-5-6-15(17-16)11-14-8-7-12(2)13(3)10-14/h7-8,10,15,17H,4-6,9,11,16H2,1-3H3. The Morgan fingerprint density at radius 3 is 2.50 bits per heavy atom. The lowest BCUT2D eigenvalue weighted by atomic mass is 9.99. The Balaban J connectivity index is 2.52. The molecule has 0 bridgehead atoms. The van der Waals surface area contributed by atoms with Gasteiger partial charge in [-0.15, -0.1) is 0 Å². The maximum absolute atomic E-state index is 11.5. The van der Waals surface area contributed by atoms with E-state index in [4.69, 9.17) is 5.84 Å². The summed E-state index contributed by atoms with van der Waals surface area (Å²) in [4.78, 5) is 0. The second-order valence-electron chi connectivity index (χ2n) is 5.36. The summed E-state index contributed by atoms with van der Waals surface area (Å²) in [7, 11) is -2.88. The maximum atomic E-state index is 11.5. The first kappa shape index (κ1) is 17.1. The molecule has 1 aromatic carbocycles. The van der Waals surface area contributed by atoms with Crippen LogP contribution in [0.5, 0.6) is 0 Å². The van der Waals surface area contributed by atoms with Crippen molar-refractivity contribution in [3.05, 3.63) is 34.9 Å². The molecule has 20 heavy (non-hydrogen) atoms. The molecule has 0 aliphatic rings. The van der Waals surface area contributed by atoms with Gasteiger partial charge in [0.05, 0.1) is 5.75 Å². The molecule has 0 aromatic heterocycles. The van der Waals surface area contributed by atoms with Crippen molar-refractivity contribution in [1.82, 2.24) is 5.43 Å². The van der Waals surface area contributed by atoms with E-state index in [0.29, 0.717) is 6.42 Å². The number of nitrogens with two attached hydrogens (primary N) is 1. The van der Waals surface area contributed by atoms with E-state index in [1.807, 2.05) is 0 Å². The minimum absolute atomic E-state index is 0.115. The van der Waals surface area contributed by atoms with Gasteiger partial charge in [0, 0.05) is 11.8 Å². The SMILES string of the molecule is CCS(=O)(=O)CCCC(Cc1ccc(C)c(C)c1)NN. The van der Waals surface area contributed by atoms with Crippen molar-refractivity contribution in [1.29, 1.82) is 0 Å². The lowest BCUT2D eigenvalue weighted by molar-refractivity contribution is 0.484. The zero-order chi connectivity index (χ0) is 15.2. The number of hydrazine groups is 1. The lowest BCUT2D eigenvalue weighted by Crippen LogP contribution is -2.37. The van der Waals surface area contributed by atoms with Crippen LogP contribution >= 0.6 is 0 Å². The van der Waals surface area contributed by atoms with Crippen LogP contribution in [0.2, 0.25) is 0 Å². The summed E-state index contributed by atoms with van der Waals surface area (Å²) in [5.74, 6) is 6.03. The molecular formula is C15H26N2O2S. The van der Waals surface area contributed by atoms with E-state index < -0.39 is 9.84 Å². The van der Waals surface area contributed by atoms with E-state index >= 15 is 0 Å². The number of nitrogens with one attached hydrogen (secondary N) is 1. The summed E-state index contributed by atoms with van der Waals surface area (Å²) < 4.78 is 22.9. The Hall–Kier alpha value is -0.910. The van der Waals surface area contributed by atoms with Gasteiger partial charge >= 0.3 is 0 Å². The minimum Gasteiger partial charge on any atom is -0.271 e. The fourth-order valence-corrected chi connectivity index (χ4v) is 3.05. The second-order valence-corrected chi connectivity index (χ2v) is 7.84. The van der Waals surface area contributed by atoms with Gasteiger partial charge in [0.2, 0.25) is 0 Å². The molecule has 1 atom stereocenters. The highest BCUT2D eigenvalue weighted by Crippen LogP contribution is 2.13. The van der Waals surface area contributed by atoms with E-state index in [1.165, 1.54) is 16.7 Å². The molecule has 0 heterocycles. The van der Waals surface area contributed by atoms with Gasteiger partial charge in [-0.25, -0.2) is 8.42 Å². The molecule has 3 N–H and O–H groups in total. The third-order valence-electron chi connectivity index (χ3n) is 3.74. The van der Waals surface area contributed by atoms with Crippen molar-refractivity contribution in [3.63, 3.8) is 0 Å². The van der Waals surface area contributed by atoms with Crippen molar-refractivity contribution in [2.75, 3.05) is 11.5 Å². The first-order chi connectivity index (χ1) is 9.38. The zero-order valence-electron chi connectivity index (χ0n) is 12.6. The van der Waals surface area contributed by atoms with Gasteiger partial charge in [0.1, 0.15) is 9.84 Å². The average Bonchev–Trinajstić information content (AvgIpc) is 2.41. The summed E-state index contributed by atoms with van der Waals surface area (Å²) in [6.07, 6.45) is 2.24. The number of benzene rings is 1. The van der Waals surface area contributed by atoms with E-state index in [2.05, 4.69) is 37.5 Å². The molecule has 0 spiro atoms. The summed E-state index contributed by atoms with van der Waals surface area (Å²) in [5, 5.41) is 0. The van der Waals surface area contributed by atoms with Crippen LogP contribution in [-0.2, 0) is 16.3 Å². The minimum atomic E-state index is -2.88. The first-order valence-corrected chi connectivity index (χ1v) is 8.92. The molecule has 0 fully saturated rings. The summed E-state index contributed by atoms with van der Waals surface area (Å²) in [5.41, 5.74) is 6.57. The highest BCUT2D eigenvalue weighted by atomic mass is 32.2. The van der Waals surface area contributed by atoms with Crippen LogP contribution in [-0.4, -0.2) is 26.0 Å². The van der Waals surface area contributed by atoms with Gasteiger partial charge in [0.25, 0.3) is 0 Å². The highest BCUT2D eigenvalue weighted by Gasteiger charge is 2.12. The van der Waals surface area contributed by atoms with Crippen LogP contribution in [0.25, 0.3) is 0 Å². The molecule has 0 saturated carbocycles. The Bertz CT molecular complexity index is 527. The molecule has 4 nitrogen and oxygen atoms in total. The Kier molecular flexibility index (Phi) is 6.65. The van der Waals surface area contributed by atoms with Gasteiger partial charge in [0.15, 0.2) is 0 Å². The van der Waals surface area contributed by atoms with Crippen LogP contribution in [0.4, 0.5) is 0 Å². The van der Waals surface area contributed by atoms with Gasteiger partial charge in [-0.05, 0) is 49.8 Å². The van der Waals surface area contributed by atoms with E-state index in [9.17, 15) is 8.42 Å². The molecule has 114 valence electrons. The van der Waals surface area contributed by atoms with Crippen LogP contribution in [0.15, 0.2) is 18.2 Å². The van der Waals surface area contributed by atoms with E-state index in [-0.39, 0.29) is 17.5 Å². The summed E-state index contributed by atoms with van der Waals surface area (Å²) in [6, 6.07) is 6.50. The normalized spacial score (nSPS) is 13.4. The van der Waals surface area contributed by atoms with Crippen LogP contribution in [0.3, 0.4) is 0 Å². The van der Waals surface area contributed by atoms with Crippen molar-refractivity contribution >= 4 is 9.84 Å². The number of hydrogen-bond acceptors (Lipinski definition) is 4. The largest absolute Gasteiger partial charge is 0.271 e. The van der Waals surface area contributed by atoms with Crippen molar-refractivity contribution in [2.45, 2.75) is 46.1 Å². The fraction of sp³-hybridized carbons (Fsp3) is 0.600. The van der Waals surface area contributed by atoms with Gasteiger partial charge in [-0.1, -0.05) is 25.1 Å². The number of aryl methyl sites for hydroxylation is 2. The third kappa shape index (κ3) is 5.61. The maximum Gasteiger partial charge on any atom is 0.150 e. The van der Waals surface area contributed by atoms with Crippen molar-refractivity contribution in [3.8, 4) is 0 Å². The predicted octanol–water partition coefficient (Wildman–Crippen LogP) is 1.89. The van der Waals surface area contributed by atoms with E-state index in [0.717, 1.165) is 12.8 Å². The number of hydrogen-bond donors (Lipinski definition) is 2. The molecule has 1 rings (SSSR count).